The lowest BCUT2D eigenvalue weighted by atomic mass is 10.2. The van der Waals surface area contributed by atoms with Gasteiger partial charge in [-0.1, -0.05) is 53.9 Å². The quantitative estimate of drug-likeness (QED) is 0.703. The van der Waals surface area contributed by atoms with Crippen molar-refractivity contribution in [1.29, 1.82) is 0 Å². The van der Waals surface area contributed by atoms with Crippen molar-refractivity contribution in [2.24, 2.45) is 5.92 Å². The van der Waals surface area contributed by atoms with Crippen molar-refractivity contribution in [3.8, 4) is 0 Å². The fourth-order valence-corrected chi connectivity index (χ4v) is 3.17. The summed E-state index contributed by atoms with van der Waals surface area (Å²) in [6.07, 6.45) is 1.25. The van der Waals surface area contributed by atoms with Gasteiger partial charge < -0.3 is 0 Å². The van der Waals surface area contributed by atoms with Crippen molar-refractivity contribution < 1.29 is 0 Å². The van der Waals surface area contributed by atoms with Crippen LogP contribution in [0.3, 0.4) is 0 Å². The first kappa shape index (κ1) is 13.4. The lowest BCUT2D eigenvalue weighted by Crippen LogP contribution is -1.96. The zero-order valence-electron chi connectivity index (χ0n) is 9.09. The molecule has 15 heavy (non-hydrogen) atoms. The highest BCUT2D eigenvalue weighted by atomic mass is 79.9. The van der Waals surface area contributed by atoms with Crippen LogP contribution in [0.5, 0.6) is 0 Å². The Balaban J connectivity index is 2.44. The van der Waals surface area contributed by atoms with E-state index in [2.05, 4.69) is 35.8 Å². The second-order valence-electron chi connectivity index (χ2n) is 3.76. The van der Waals surface area contributed by atoms with Crippen LogP contribution in [0.15, 0.2) is 22.7 Å². The van der Waals surface area contributed by atoms with Crippen molar-refractivity contribution in [3.05, 3.63) is 33.3 Å². The Morgan fingerprint density at radius 1 is 1.47 bits per heavy atom. The molecule has 1 unspecified atom stereocenters. The lowest BCUT2D eigenvalue weighted by molar-refractivity contribution is 0.637. The molecule has 0 amide bonds. The molecule has 0 bridgehead atoms. The second-order valence-corrected chi connectivity index (χ2v) is 6.12. The van der Waals surface area contributed by atoms with Gasteiger partial charge in [-0.15, -0.1) is 0 Å². The molecule has 0 radical (unpaired) electrons. The zero-order chi connectivity index (χ0) is 11.3. The average Bonchev–Trinajstić information content (AvgIpc) is 2.21. The van der Waals surface area contributed by atoms with Gasteiger partial charge in [-0.3, -0.25) is 0 Å². The van der Waals surface area contributed by atoms with Gasteiger partial charge in [-0.05, 0) is 29.4 Å². The Morgan fingerprint density at radius 2 is 2.20 bits per heavy atom. The summed E-state index contributed by atoms with van der Waals surface area (Å²) in [7, 11) is 0. The summed E-state index contributed by atoms with van der Waals surface area (Å²) in [5, 5.41) is 0.862. The number of thioether (sulfide) groups is 1. The Kier molecular flexibility index (Phi) is 6.10. The maximum absolute atomic E-state index is 6.14. The van der Waals surface area contributed by atoms with E-state index in [1.54, 1.807) is 0 Å². The molecule has 0 aliphatic rings. The smallest absolute Gasteiger partial charge is 0.0457 e. The standard InChI is InChI=1S/C12H16BrClS/c1-3-9(2)7-15-8-10-4-5-11(13)6-12(10)14/h4-6,9H,3,7-8H2,1-2H3. The highest BCUT2D eigenvalue weighted by molar-refractivity contribution is 9.10. The van der Waals surface area contributed by atoms with Crippen LogP contribution in [0.2, 0.25) is 5.02 Å². The van der Waals surface area contributed by atoms with E-state index in [-0.39, 0.29) is 0 Å². The molecule has 0 saturated carbocycles. The van der Waals surface area contributed by atoms with Crippen LogP contribution in [0.4, 0.5) is 0 Å². The molecule has 0 fully saturated rings. The molecule has 1 aromatic rings. The van der Waals surface area contributed by atoms with E-state index in [0.717, 1.165) is 21.2 Å². The maximum atomic E-state index is 6.14. The molecule has 1 aromatic carbocycles. The summed E-state index contributed by atoms with van der Waals surface area (Å²) < 4.78 is 1.04. The predicted octanol–water partition coefficient (Wildman–Crippen LogP) is 5.38. The summed E-state index contributed by atoms with van der Waals surface area (Å²) in [5.41, 5.74) is 1.23. The largest absolute Gasteiger partial charge is 0.157 e. The number of hydrogen-bond acceptors (Lipinski definition) is 1. The third-order valence-electron chi connectivity index (χ3n) is 2.37. The van der Waals surface area contributed by atoms with Crippen LogP contribution < -0.4 is 0 Å². The Morgan fingerprint density at radius 3 is 2.80 bits per heavy atom. The van der Waals surface area contributed by atoms with E-state index in [4.69, 9.17) is 11.6 Å². The van der Waals surface area contributed by atoms with Gasteiger partial charge in [-0.2, -0.15) is 11.8 Å². The summed E-state index contributed by atoms with van der Waals surface area (Å²) >= 11 is 11.5. The molecule has 0 aliphatic heterocycles. The van der Waals surface area contributed by atoms with E-state index in [9.17, 15) is 0 Å². The molecular weight excluding hydrogens is 292 g/mol. The Bertz CT molecular complexity index is 314. The Labute approximate surface area is 110 Å². The van der Waals surface area contributed by atoms with Gasteiger partial charge in [0.1, 0.15) is 0 Å². The molecule has 1 rings (SSSR count). The van der Waals surface area contributed by atoms with Gasteiger partial charge in [-0.25, -0.2) is 0 Å². The number of halogens is 2. The molecule has 0 N–H and O–H groups in total. The van der Waals surface area contributed by atoms with Crippen LogP contribution >= 0.6 is 39.3 Å². The average molecular weight is 308 g/mol. The van der Waals surface area contributed by atoms with Crippen molar-refractivity contribution in [1.82, 2.24) is 0 Å². The van der Waals surface area contributed by atoms with Crippen LogP contribution in [-0.4, -0.2) is 5.75 Å². The van der Waals surface area contributed by atoms with E-state index in [1.807, 2.05) is 23.9 Å². The molecular formula is C12H16BrClS. The van der Waals surface area contributed by atoms with Gasteiger partial charge in [0.05, 0.1) is 0 Å². The van der Waals surface area contributed by atoms with Crippen LogP contribution in [0.25, 0.3) is 0 Å². The Hall–Kier alpha value is 0.340. The molecule has 0 nitrogen and oxygen atoms in total. The first-order chi connectivity index (χ1) is 7.13. The van der Waals surface area contributed by atoms with Gasteiger partial charge in [0, 0.05) is 15.2 Å². The second kappa shape index (κ2) is 6.82. The summed E-state index contributed by atoms with van der Waals surface area (Å²) in [6.45, 7) is 4.52. The van der Waals surface area contributed by atoms with Gasteiger partial charge in [0.15, 0.2) is 0 Å². The molecule has 1 atom stereocenters. The minimum absolute atomic E-state index is 0.796. The molecule has 0 aromatic heterocycles. The van der Waals surface area contributed by atoms with E-state index in [0.29, 0.717) is 0 Å². The SMILES string of the molecule is CCC(C)CSCc1ccc(Br)cc1Cl. The van der Waals surface area contributed by atoms with Crippen LogP contribution in [-0.2, 0) is 5.75 Å². The van der Waals surface area contributed by atoms with E-state index < -0.39 is 0 Å². The maximum Gasteiger partial charge on any atom is 0.0457 e. The summed E-state index contributed by atoms with van der Waals surface area (Å²) in [5.74, 6) is 3.02. The third-order valence-corrected chi connectivity index (χ3v) is 4.54. The van der Waals surface area contributed by atoms with Gasteiger partial charge >= 0.3 is 0 Å². The van der Waals surface area contributed by atoms with E-state index >= 15 is 0 Å². The molecule has 84 valence electrons. The van der Waals surface area contributed by atoms with Crippen LogP contribution in [0, 0.1) is 5.92 Å². The van der Waals surface area contributed by atoms with Crippen molar-refractivity contribution in [3.63, 3.8) is 0 Å². The van der Waals surface area contributed by atoms with Crippen molar-refractivity contribution in [2.75, 3.05) is 5.75 Å². The van der Waals surface area contributed by atoms with Crippen LogP contribution in [0.1, 0.15) is 25.8 Å². The highest BCUT2D eigenvalue weighted by Crippen LogP contribution is 2.25. The normalized spacial score (nSPS) is 12.8. The molecule has 0 spiro atoms. The number of hydrogen-bond donors (Lipinski definition) is 0. The first-order valence-electron chi connectivity index (χ1n) is 5.15. The first-order valence-corrected chi connectivity index (χ1v) is 7.47. The molecule has 0 heterocycles. The molecule has 3 heteroatoms. The molecule has 0 aliphatic carbocycles. The summed E-state index contributed by atoms with van der Waals surface area (Å²) in [6, 6.07) is 6.10. The third kappa shape index (κ3) is 4.80. The van der Waals surface area contributed by atoms with Crippen molar-refractivity contribution >= 4 is 39.3 Å². The number of benzene rings is 1. The monoisotopic (exact) mass is 306 g/mol. The minimum atomic E-state index is 0.796. The topological polar surface area (TPSA) is 0 Å². The van der Waals surface area contributed by atoms with E-state index in [1.165, 1.54) is 17.7 Å². The minimum Gasteiger partial charge on any atom is -0.157 e. The fourth-order valence-electron chi connectivity index (χ4n) is 1.13. The van der Waals surface area contributed by atoms with Gasteiger partial charge in [0.2, 0.25) is 0 Å². The van der Waals surface area contributed by atoms with Crippen molar-refractivity contribution in [2.45, 2.75) is 26.0 Å². The highest BCUT2D eigenvalue weighted by Gasteiger charge is 2.03. The fraction of sp³-hybridized carbons (Fsp3) is 0.500. The lowest BCUT2D eigenvalue weighted by Gasteiger charge is -2.08. The molecule has 0 saturated heterocycles. The summed E-state index contributed by atoms with van der Waals surface area (Å²) in [4.78, 5) is 0. The number of rotatable bonds is 5. The van der Waals surface area contributed by atoms with Gasteiger partial charge in [0.25, 0.3) is 0 Å². The predicted molar refractivity (Wildman–Crippen MR) is 74.8 cm³/mol. The zero-order valence-corrected chi connectivity index (χ0v) is 12.3.